The molecular formula is C27H44O2. The van der Waals surface area contributed by atoms with Crippen molar-refractivity contribution in [2.45, 2.75) is 105 Å². The van der Waals surface area contributed by atoms with E-state index in [1.54, 1.807) is 0 Å². The van der Waals surface area contributed by atoms with Crippen molar-refractivity contribution in [3.05, 3.63) is 11.6 Å². The number of Topliss-reactive ketones (excluding diaryl/α,β-unsaturated/α-hetero) is 1. The minimum atomic E-state index is -0.407. The summed E-state index contributed by atoms with van der Waals surface area (Å²) in [5.74, 6) is 4.77. The Bertz CT molecular complexity index is 663. The Kier molecular flexibility index (Phi) is 5.82. The smallest absolute Gasteiger partial charge is 0.159 e. The summed E-state index contributed by atoms with van der Waals surface area (Å²) in [6.45, 7) is 12.1. The van der Waals surface area contributed by atoms with Crippen molar-refractivity contribution in [1.82, 2.24) is 0 Å². The molecule has 2 nitrogen and oxygen atoms in total. The number of ketones is 1. The monoisotopic (exact) mass is 400 g/mol. The van der Waals surface area contributed by atoms with Crippen molar-refractivity contribution in [2.24, 2.45) is 46.3 Å². The third-order valence-electron chi connectivity index (χ3n) is 10.1. The Labute approximate surface area is 178 Å². The van der Waals surface area contributed by atoms with E-state index < -0.39 is 6.10 Å². The standard InChI is InChI=1S/C27H44O2/c1-17(2)7-6-8-18(3)21-9-10-22-20-16-25(29)24-15-19(28)11-13-27(24,5)23(20)12-14-26(21,22)4/h15,17-23,28H,6-14,16H2,1-5H3/t18-,19-,20+,21-,22+,23+,26-,27+/m0/s1. The summed E-state index contributed by atoms with van der Waals surface area (Å²) in [5.41, 5.74) is 1.43. The molecule has 4 aliphatic rings. The highest BCUT2D eigenvalue weighted by Gasteiger charge is 2.60. The lowest BCUT2D eigenvalue weighted by atomic mass is 9.46. The van der Waals surface area contributed by atoms with Crippen molar-refractivity contribution in [2.75, 3.05) is 0 Å². The molecule has 0 aromatic rings. The lowest BCUT2D eigenvalue weighted by Gasteiger charge is -2.58. The van der Waals surface area contributed by atoms with E-state index >= 15 is 0 Å². The third kappa shape index (κ3) is 3.56. The minimum Gasteiger partial charge on any atom is -0.389 e. The van der Waals surface area contributed by atoms with Crippen molar-refractivity contribution in [3.8, 4) is 0 Å². The van der Waals surface area contributed by atoms with Gasteiger partial charge in [-0.15, -0.1) is 0 Å². The third-order valence-corrected chi connectivity index (χ3v) is 10.1. The van der Waals surface area contributed by atoms with Gasteiger partial charge < -0.3 is 5.11 Å². The molecule has 29 heavy (non-hydrogen) atoms. The van der Waals surface area contributed by atoms with Gasteiger partial charge in [0.2, 0.25) is 0 Å². The van der Waals surface area contributed by atoms with Gasteiger partial charge in [0.15, 0.2) is 5.78 Å². The molecule has 4 aliphatic carbocycles. The molecule has 8 atom stereocenters. The lowest BCUT2D eigenvalue weighted by molar-refractivity contribution is -0.129. The van der Waals surface area contributed by atoms with Crippen LogP contribution in [0.5, 0.6) is 0 Å². The van der Waals surface area contributed by atoms with Crippen LogP contribution in [0.2, 0.25) is 0 Å². The Morgan fingerprint density at radius 2 is 1.79 bits per heavy atom. The maximum atomic E-state index is 13.2. The molecule has 1 N–H and O–H groups in total. The summed E-state index contributed by atoms with van der Waals surface area (Å²) < 4.78 is 0. The van der Waals surface area contributed by atoms with Crippen molar-refractivity contribution in [3.63, 3.8) is 0 Å². The predicted molar refractivity (Wildman–Crippen MR) is 119 cm³/mol. The number of aliphatic hydroxyl groups excluding tert-OH is 1. The first-order valence-corrected chi connectivity index (χ1v) is 12.6. The van der Waals surface area contributed by atoms with Crippen LogP contribution in [0, 0.1) is 46.3 Å². The topological polar surface area (TPSA) is 37.3 Å². The Morgan fingerprint density at radius 3 is 2.52 bits per heavy atom. The molecular weight excluding hydrogens is 356 g/mol. The number of allylic oxidation sites excluding steroid dienone is 1. The summed E-state index contributed by atoms with van der Waals surface area (Å²) in [6.07, 6.45) is 13.5. The fourth-order valence-electron chi connectivity index (χ4n) is 8.56. The van der Waals surface area contributed by atoms with Crippen LogP contribution in [0.25, 0.3) is 0 Å². The molecule has 0 heterocycles. The number of carbonyl (C=O) groups is 1. The van der Waals surface area contributed by atoms with Gasteiger partial charge in [-0.05, 0) is 96.5 Å². The molecule has 0 radical (unpaired) electrons. The maximum Gasteiger partial charge on any atom is 0.159 e. The molecule has 0 bridgehead atoms. The second kappa shape index (κ2) is 7.81. The molecule has 164 valence electrons. The van der Waals surface area contributed by atoms with E-state index in [0.29, 0.717) is 23.0 Å². The number of hydrogen-bond donors (Lipinski definition) is 1. The molecule has 0 aromatic carbocycles. The van der Waals surface area contributed by atoms with E-state index in [2.05, 4.69) is 34.6 Å². The average Bonchev–Trinajstić information content (AvgIpc) is 3.00. The van der Waals surface area contributed by atoms with Crippen LogP contribution in [0.15, 0.2) is 11.6 Å². The SMILES string of the molecule is CC(C)CCC[C@H](C)[C@@H]1CC[C@@H]2[C@H]3CC(=O)C4=C[C@@H](O)CC[C@]4(C)[C@@H]3CC[C@]21C. The predicted octanol–water partition coefficient (Wildman–Crippen LogP) is 6.57. The van der Waals surface area contributed by atoms with Crippen molar-refractivity contribution in [1.29, 1.82) is 0 Å². The highest BCUT2D eigenvalue weighted by Crippen LogP contribution is 2.67. The first-order chi connectivity index (χ1) is 13.7. The molecule has 0 aromatic heterocycles. The summed E-state index contributed by atoms with van der Waals surface area (Å²) in [4.78, 5) is 13.2. The van der Waals surface area contributed by atoms with Crippen LogP contribution >= 0.6 is 0 Å². The largest absolute Gasteiger partial charge is 0.389 e. The average molecular weight is 401 g/mol. The van der Waals surface area contributed by atoms with Crippen LogP contribution in [0.1, 0.15) is 98.8 Å². The van der Waals surface area contributed by atoms with E-state index in [-0.39, 0.29) is 5.41 Å². The van der Waals surface area contributed by atoms with Crippen molar-refractivity contribution >= 4 is 5.78 Å². The van der Waals surface area contributed by atoms with Gasteiger partial charge in [0.1, 0.15) is 0 Å². The zero-order valence-corrected chi connectivity index (χ0v) is 19.5. The molecule has 2 heteroatoms. The Hall–Kier alpha value is -0.630. The van der Waals surface area contributed by atoms with Crippen LogP contribution < -0.4 is 0 Å². The molecule has 0 aliphatic heterocycles. The zero-order chi connectivity index (χ0) is 21.0. The second-order valence-electron chi connectivity index (χ2n) is 12.1. The molecule has 0 saturated heterocycles. The highest BCUT2D eigenvalue weighted by molar-refractivity contribution is 5.98. The zero-order valence-electron chi connectivity index (χ0n) is 19.5. The van der Waals surface area contributed by atoms with E-state index in [1.165, 1.54) is 44.9 Å². The Balaban J connectivity index is 1.53. The fourth-order valence-corrected chi connectivity index (χ4v) is 8.56. The van der Waals surface area contributed by atoms with Gasteiger partial charge in [0.05, 0.1) is 6.10 Å². The number of aliphatic hydroxyl groups is 1. The van der Waals surface area contributed by atoms with Crippen LogP contribution in [0.4, 0.5) is 0 Å². The fraction of sp³-hybridized carbons (Fsp3) is 0.889. The number of fused-ring (bicyclic) bond motifs is 5. The summed E-state index contributed by atoms with van der Waals surface area (Å²) >= 11 is 0. The first-order valence-electron chi connectivity index (χ1n) is 12.6. The summed E-state index contributed by atoms with van der Waals surface area (Å²) in [6, 6.07) is 0. The number of hydrogen-bond acceptors (Lipinski definition) is 2. The van der Waals surface area contributed by atoms with Gasteiger partial charge in [-0.3, -0.25) is 4.79 Å². The first kappa shape index (κ1) is 21.6. The van der Waals surface area contributed by atoms with Crippen LogP contribution in [0.3, 0.4) is 0 Å². The maximum absolute atomic E-state index is 13.2. The number of rotatable bonds is 5. The molecule has 3 saturated carbocycles. The summed E-state index contributed by atoms with van der Waals surface area (Å²) in [7, 11) is 0. The Morgan fingerprint density at radius 1 is 1.03 bits per heavy atom. The van der Waals surface area contributed by atoms with E-state index in [4.69, 9.17) is 0 Å². The minimum absolute atomic E-state index is 0.0154. The summed E-state index contributed by atoms with van der Waals surface area (Å²) in [5, 5.41) is 10.1. The molecule has 3 fully saturated rings. The van der Waals surface area contributed by atoms with Gasteiger partial charge in [-0.2, -0.15) is 0 Å². The quantitative estimate of drug-likeness (QED) is 0.567. The van der Waals surface area contributed by atoms with Crippen LogP contribution in [-0.2, 0) is 4.79 Å². The normalized spacial score (nSPS) is 45.4. The van der Waals surface area contributed by atoms with Crippen molar-refractivity contribution < 1.29 is 9.90 Å². The number of carbonyl (C=O) groups excluding carboxylic acids is 1. The second-order valence-corrected chi connectivity index (χ2v) is 12.1. The molecule has 4 rings (SSSR count). The van der Waals surface area contributed by atoms with Crippen LogP contribution in [-0.4, -0.2) is 17.0 Å². The van der Waals surface area contributed by atoms with Gasteiger partial charge in [-0.25, -0.2) is 0 Å². The molecule has 0 unspecified atom stereocenters. The van der Waals surface area contributed by atoms with E-state index in [9.17, 15) is 9.90 Å². The van der Waals surface area contributed by atoms with Gasteiger partial charge in [0.25, 0.3) is 0 Å². The molecule has 0 amide bonds. The van der Waals surface area contributed by atoms with Gasteiger partial charge in [0, 0.05) is 6.42 Å². The van der Waals surface area contributed by atoms with E-state index in [0.717, 1.165) is 48.5 Å². The van der Waals surface area contributed by atoms with E-state index in [1.807, 2.05) is 6.08 Å². The van der Waals surface area contributed by atoms with Gasteiger partial charge >= 0.3 is 0 Å². The van der Waals surface area contributed by atoms with Gasteiger partial charge in [-0.1, -0.05) is 53.9 Å². The molecule has 0 spiro atoms. The highest BCUT2D eigenvalue weighted by atomic mass is 16.3. The lowest BCUT2D eigenvalue weighted by Crippen LogP contribution is -2.53.